The van der Waals surface area contributed by atoms with E-state index >= 15 is 0 Å². The zero-order valence-corrected chi connectivity index (χ0v) is 17.5. The van der Waals surface area contributed by atoms with Gasteiger partial charge < -0.3 is 14.6 Å². The lowest BCUT2D eigenvalue weighted by molar-refractivity contribution is -0.109. The maximum atomic E-state index is 12.0. The summed E-state index contributed by atoms with van der Waals surface area (Å²) in [6.07, 6.45) is 4.19. The van der Waals surface area contributed by atoms with Gasteiger partial charge in [0.25, 0.3) is 0 Å². The fourth-order valence-corrected chi connectivity index (χ4v) is 6.60. The molecule has 5 heteroatoms. The number of ether oxygens (including phenoxy) is 2. The van der Waals surface area contributed by atoms with Crippen LogP contribution in [0.15, 0.2) is 36.4 Å². The Bertz CT molecular complexity index is 1080. The predicted octanol–water partition coefficient (Wildman–Crippen LogP) is 4.86. The van der Waals surface area contributed by atoms with Crippen LogP contribution in [0.3, 0.4) is 0 Å². The molecule has 156 valence electrons. The second-order valence-corrected chi connectivity index (χ2v) is 9.51. The number of rotatable bonds is 5. The van der Waals surface area contributed by atoms with Crippen LogP contribution in [0.1, 0.15) is 56.0 Å². The number of fused-ring (bicyclic) bond motifs is 7. The maximum Gasteiger partial charge on any atom is 0.336 e. The third-order valence-electron chi connectivity index (χ3n) is 8.41. The van der Waals surface area contributed by atoms with Crippen LogP contribution < -0.4 is 9.47 Å². The molecule has 30 heavy (non-hydrogen) atoms. The number of carbonyl (C=O) groups excluding carboxylic acids is 1. The highest BCUT2D eigenvalue weighted by molar-refractivity contribution is 5.98. The Labute approximate surface area is 176 Å². The second kappa shape index (κ2) is 6.10. The summed E-state index contributed by atoms with van der Waals surface area (Å²) in [4.78, 5) is 22.8. The Hall–Kier alpha value is -2.82. The summed E-state index contributed by atoms with van der Waals surface area (Å²) < 4.78 is 12.2. The van der Waals surface area contributed by atoms with Crippen LogP contribution in [-0.4, -0.2) is 29.6 Å². The van der Waals surface area contributed by atoms with Crippen molar-refractivity contribution in [1.29, 1.82) is 0 Å². The Morgan fingerprint density at radius 3 is 2.80 bits per heavy atom. The summed E-state index contributed by atoms with van der Waals surface area (Å²) >= 11 is 0. The molecule has 5 nitrogen and oxygen atoms in total. The minimum absolute atomic E-state index is 0.125. The highest BCUT2D eigenvalue weighted by Crippen LogP contribution is 2.73. The van der Waals surface area contributed by atoms with Crippen molar-refractivity contribution in [1.82, 2.24) is 0 Å². The van der Waals surface area contributed by atoms with Crippen LogP contribution in [0.4, 0.5) is 0 Å². The first-order valence-electron chi connectivity index (χ1n) is 10.5. The third-order valence-corrected chi connectivity index (χ3v) is 8.41. The lowest BCUT2D eigenvalue weighted by Gasteiger charge is -2.48. The fourth-order valence-electron chi connectivity index (χ4n) is 6.60. The summed E-state index contributed by atoms with van der Waals surface area (Å²) in [7, 11) is 0. The van der Waals surface area contributed by atoms with E-state index in [4.69, 9.17) is 9.47 Å². The van der Waals surface area contributed by atoms with Gasteiger partial charge in [-0.05, 0) is 67.3 Å². The average molecular weight is 406 g/mol. The Balaban J connectivity index is 1.70. The van der Waals surface area contributed by atoms with Crippen molar-refractivity contribution in [2.24, 2.45) is 11.3 Å². The number of aromatic carboxylic acids is 1. The van der Waals surface area contributed by atoms with E-state index in [-0.39, 0.29) is 28.6 Å². The Morgan fingerprint density at radius 1 is 1.27 bits per heavy atom. The standard InChI is InChI=1S/C25H26O5/c1-23-10-9-16(14-23)25(3)24(23,2)18-13-15(7-8-19(18)30-25)21-17(22(27)28)5-4-6-20(21)29-12-11-26/h4-8,11,13,16H,9-10,12,14H2,1-3H3,(H,27,28). The first-order chi connectivity index (χ1) is 14.2. The van der Waals surface area contributed by atoms with Gasteiger partial charge in [-0.15, -0.1) is 0 Å². The van der Waals surface area contributed by atoms with Crippen molar-refractivity contribution < 1.29 is 24.2 Å². The number of carboxylic acid groups (broad SMARTS) is 1. The molecule has 0 amide bonds. The number of carbonyl (C=O) groups is 2. The second-order valence-electron chi connectivity index (χ2n) is 9.51. The molecule has 2 aromatic carbocycles. The number of carboxylic acids is 1. The van der Waals surface area contributed by atoms with Crippen molar-refractivity contribution in [2.45, 2.75) is 51.0 Å². The molecule has 2 fully saturated rings. The van der Waals surface area contributed by atoms with Crippen LogP contribution >= 0.6 is 0 Å². The molecule has 1 heterocycles. The molecule has 4 unspecified atom stereocenters. The lowest BCUT2D eigenvalue weighted by Crippen LogP contribution is -2.54. The molecular formula is C25H26O5. The van der Waals surface area contributed by atoms with Gasteiger partial charge in [0.1, 0.15) is 23.7 Å². The van der Waals surface area contributed by atoms with Gasteiger partial charge in [-0.2, -0.15) is 0 Å². The van der Waals surface area contributed by atoms with Gasteiger partial charge in [-0.1, -0.05) is 26.0 Å². The Morgan fingerprint density at radius 2 is 2.07 bits per heavy atom. The van der Waals surface area contributed by atoms with E-state index in [1.165, 1.54) is 12.8 Å². The van der Waals surface area contributed by atoms with Gasteiger partial charge in [-0.25, -0.2) is 4.79 Å². The molecule has 0 radical (unpaired) electrons. The molecule has 5 rings (SSSR count). The van der Waals surface area contributed by atoms with Crippen molar-refractivity contribution in [3.05, 3.63) is 47.5 Å². The van der Waals surface area contributed by atoms with Crippen molar-refractivity contribution in [3.63, 3.8) is 0 Å². The number of hydrogen-bond donors (Lipinski definition) is 1. The van der Waals surface area contributed by atoms with E-state index in [1.807, 2.05) is 12.1 Å². The first-order valence-corrected chi connectivity index (χ1v) is 10.5. The highest BCUT2D eigenvalue weighted by atomic mass is 16.5. The van der Waals surface area contributed by atoms with Crippen molar-refractivity contribution in [2.75, 3.05) is 6.61 Å². The number of hydrogen-bond acceptors (Lipinski definition) is 4. The topological polar surface area (TPSA) is 72.8 Å². The molecule has 1 aliphatic heterocycles. The molecule has 4 atom stereocenters. The van der Waals surface area contributed by atoms with E-state index in [0.29, 0.717) is 23.5 Å². The Kier molecular flexibility index (Phi) is 3.89. The van der Waals surface area contributed by atoms with Gasteiger partial charge in [0.15, 0.2) is 6.29 Å². The smallest absolute Gasteiger partial charge is 0.336 e. The predicted molar refractivity (Wildman–Crippen MR) is 112 cm³/mol. The molecule has 2 aliphatic carbocycles. The number of benzene rings is 2. The maximum absolute atomic E-state index is 12.0. The average Bonchev–Trinajstić information content (AvgIpc) is 3.29. The van der Waals surface area contributed by atoms with E-state index < -0.39 is 5.97 Å². The normalized spacial score (nSPS) is 33.0. The fraction of sp³-hybridized carbons (Fsp3) is 0.440. The minimum Gasteiger partial charge on any atom is -0.486 e. The third kappa shape index (κ3) is 2.18. The zero-order chi connectivity index (χ0) is 21.3. The largest absolute Gasteiger partial charge is 0.486 e. The van der Waals surface area contributed by atoms with E-state index in [2.05, 4.69) is 26.8 Å². The highest BCUT2D eigenvalue weighted by Gasteiger charge is 2.73. The molecule has 0 spiro atoms. The summed E-state index contributed by atoms with van der Waals surface area (Å²) in [5, 5.41) is 9.79. The minimum atomic E-state index is -1.03. The molecule has 1 N–H and O–H groups in total. The van der Waals surface area contributed by atoms with Crippen LogP contribution in [0.25, 0.3) is 11.1 Å². The van der Waals surface area contributed by atoms with Crippen LogP contribution in [-0.2, 0) is 10.2 Å². The summed E-state index contributed by atoms with van der Waals surface area (Å²) in [5.74, 6) is 0.792. The van der Waals surface area contributed by atoms with Crippen molar-refractivity contribution in [3.8, 4) is 22.6 Å². The lowest BCUT2D eigenvalue weighted by atomic mass is 9.56. The molecule has 0 saturated heterocycles. The quantitative estimate of drug-likeness (QED) is 0.718. The van der Waals surface area contributed by atoms with Crippen molar-refractivity contribution >= 4 is 12.3 Å². The SMILES string of the molecule is CC12CCC(C1)C1(C)Oc3ccc(-c4c(OCC=O)cccc4C(=O)O)cc3C21C. The monoisotopic (exact) mass is 406 g/mol. The van der Waals surface area contributed by atoms with Gasteiger partial charge >= 0.3 is 5.97 Å². The molecular weight excluding hydrogens is 380 g/mol. The molecule has 2 aromatic rings. The number of aldehydes is 1. The zero-order valence-electron chi connectivity index (χ0n) is 17.5. The van der Waals surface area contributed by atoms with Gasteiger partial charge in [0.2, 0.25) is 0 Å². The van der Waals surface area contributed by atoms with Gasteiger partial charge in [-0.3, -0.25) is 4.79 Å². The van der Waals surface area contributed by atoms with Crippen LogP contribution in [0, 0.1) is 11.3 Å². The first kappa shape index (κ1) is 19.2. The van der Waals surface area contributed by atoms with Gasteiger partial charge in [0.05, 0.1) is 5.56 Å². The molecule has 2 saturated carbocycles. The summed E-state index contributed by atoms with van der Waals surface area (Å²) in [5.41, 5.74) is 2.34. The molecule has 3 aliphatic rings. The summed E-state index contributed by atoms with van der Waals surface area (Å²) in [6.45, 7) is 6.80. The van der Waals surface area contributed by atoms with Crippen LogP contribution in [0.2, 0.25) is 0 Å². The molecule has 2 bridgehead atoms. The van der Waals surface area contributed by atoms with E-state index in [0.717, 1.165) is 23.3 Å². The van der Waals surface area contributed by atoms with Gasteiger partial charge in [0, 0.05) is 16.5 Å². The van der Waals surface area contributed by atoms with Crippen LogP contribution in [0.5, 0.6) is 11.5 Å². The molecule has 0 aromatic heterocycles. The van der Waals surface area contributed by atoms with E-state index in [9.17, 15) is 14.7 Å². The summed E-state index contributed by atoms with van der Waals surface area (Å²) in [6, 6.07) is 10.9. The van der Waals surface area contributed by atoms with E-state index in [1.54, 1.807) is 18.2 Å².